The van der Waals surface area contributed by atoms with Crippen molar-refractivity contribution in [2.45, 2.75) is 0 Å². The highest BCUT2D eigenvalue weighted by atomic mass is 35.5. The van der Waals surface area contributed by atoms with E-state index in [0.29, 0.717) is 10.7 Å². The second-order valence-corrected chi connectivity index (χ2v) is 3.59. The molecule has 0 bridgehead atoms. The van der Waals surface area contributed by atoms with E-state index < -0.39 is 0 Å². The fourth-order valence-corrected chi connectivity index (χ4v) is 1.64. The van der Waals surface area contributed by atoms with Gasteiger partial charge in [-0.2, -0.15) is 0 Å². The molecule has 0 radical (unpaired) electrons. The van der Waals surface area contributed by atoms with Gasteiger partial charge in [-0.25, -0.2) is 0 Å². The first kappa shape index (κ1) is 10.6. The van der Waals surface area contributed by atoms with Gasteiger partial charge in [0.1, 0.15) is 0 Å². The van der Waals surface area contributed by atoms with Crippen LogP contribution in [0.3, 0.4) is 0 Å². The van der Waals surface area contributed by atoms with Crippen LogP contribution in [0.4, 0.5) is 5.69 Å². The van der Waals surface area contributed by atoms with E-state index in [1.165, 1.54) is 6.08 Å². The van der Waals surface area contributed by atoms with E-state index in [2.05, 4.69) is 16.9 Å². The summed E-state index contributed by atoms with van der Waals surface area (Å²) in [6, 6.07) is 7.16. The fourth-order valence-electron chi connectivity index (χ4n) is 1.43. The maximum atomic E-state index is 11.3. The Morgan fingerprint density at radius 3 is 3.00 bits per heavy atom. The average Bonchev–Trinajstić information content (AvgIpc) is 2.32. The lowest BCUT2D eigenvalue weighted by atomic mass is 10.2. The second kappa shape index (κ2) is 4.33. The van der Waals surface area contributed by atoms with Crippen LogP contribution in [0.5, 0.6) is 0 Å². The molecule has 3 nitrogen and oxygen atoms in total. The van der Waals surface area contributed by atoms with Crippen LogP contribution >= 0.6 is 11.6 Å². The Kier molecular flexibility index (Phi) is 2.88. The third kappa shape index (κ3) is 1.90. The van der Waals surface area contributed by atoms with E-state index in [0.717, 1.165) is 10.9 Å². The first-order valence-corrected chi connectivity index (χ1v) is 5.07. The van der Waals surface area contributed by atoms with Gasteiger partial charge in [0.15, 0.2) is 0 Å². The van der Waals surface area contributed by atoms with Gasteiger partial charge in [0.05, 0.1) is 16.2 Å². The van der Waals surface area contributed by atoms with Gasteiger partial charge < -0.3 is 5.32 Å². The molecule has 0 saturated heterocycles. The highest BCUT2D eigenvalue weighted by Crippen LogP contribution is 2.29. The molecule has 0 aliphatic rings. The first-order chi connectivity index (χ1) is 7.72. The summed E-state index contributed by atoms with van der Waals surface area (Å²) >= 11 is 6.03. The van der Waals surface area contributed by atoms with E-state index >= 15 is 0 Å². The molecule has 0 fully saturated rings. The molecular formula is C12H9ClN2O. The molecule has 0 spiro atoms. The smallest absolute Gasteiger partial charge is 0.247 e. The molecule has 0 saturated carbocycles. The van der Waals surface area contributed by atoms with Crippen LogP contribution in [0, 0.1) is 0 Å². The van der Waals surface area contributed by atoms with Crippen molar-refractivity contribution in [1.82, 2.24) is 4.98 Å². The normalized spacial score (nSPS) is 10.1. The number of carbonyl (C=O) groups excluding carboxylic acids is 1. The SMILES string of the molecule is C=CC(=O)Nc1c(Cl)ccc2ncccc12. The molecule has 16 heavy (non-hydrogen) atoms. The van der Waals surface area contributed by atoms with Crippen molar-refractivity contribution in [3.63, 3.8) is 0 Å². The molecule has 0 unspecified atom stereocenters. The molecular weight excluding hydrogens is 224 g/mol. The summed E-state index contributed by atoms with van der Waals surface area (Å²) in [5, 5.41) is 3.97. The summed E-state index contributed by atoms with van der Waals surface area (Å²) in [6.45, 7) is 3.40. The Morgan fingerprint density at radius 2 is 2.25 bits per heavy atom. The Bertz CT molecular complexity index is 566. The molecule has 0 aliphatic heterocycles. The largest absolute Gasteiger partial charge is 0.321 e. The van der Waals surface area contributed by atoms with Gasteiger partial charge in [-0.15, -0.1) is 0 Å². The number of nitrogens with one attached hydrogen (secondary N) is 1. The first-order valence-electron chi connectivity index (χ1n) is 4.69. The second-order valence-electron chi connectivity index (χ2n) is 3.19. The third-order valence-corrected chi connectivity index (χ3v) is 2.48. The van der Waals surface area contributed by atoms with Gasteiger partial charge in [-0.3, -0.25) is 9.78 Å². The zero-order valence-corrected chi connectivity index (χ0v) is 9.16. The van der Waals surface area contributed by atoms with Crippen LogP contribution < -0.4 is 5.32 Å². The zero-order chi connectivity index (χ0) is 11.5. The number of nitrogens with zero attached hydrogens (tertiary/aromatic N) is 1. The summed E-state index contributed by atoms with van der Waals surface area (Å²) < 4.78 is 0. The molecule has 1 aromatic heterocycles. The van der Waals surface area contributed by atoms with Gasteiger partial charge in [0, 0.05) is 11.6 Å². The number of aromatic nitrogens is 1. The zero-order valence-electron chi connectivity index (χ0n) is 8.40. The van der Waals surface area contributed by atoms with Gasteiger partial charge >= 0.3 is 0 Å². The van der Waals surface area contributed by atoms with Crippen molar-refractivity contribution in [2.24, 2.45) is 0 Å². The molecule has 1 aromatic carbocycles. The van der Waals surface area contributed by atoms with Crippen LogP contribution in [0.2, 0.25) is 5.02 Å². The molecule has 1 N–H and O–H groups in total. The minimum Gasteiger partial charge on any atom is -0.321 e. The van der Waals surface area contributed by atoms with E-state index in [1.807, 2.05) is 6.07 Å². The van der Waals surface area contributed by atoms with Gasteiger partial charge in [0.2, 0.25) is 5.91 Å². The Morgan fingerprint density at radius 1 is 1.44 bits per heavy atom. The Labute approximate surface area is 97.8 Å². The number of halogens is 1. The highest BCUT2D eigenvalue weighted by Gasteiger charge is 2.08. The molecule has 4 heteroatoms. The minimum atomic E-state index is -0.293. The van der Waals surface area contributed by atoms with E-state index in [9.17, 15) is 4.79 Å². The van der Waals surface area contributed by atoms with Crippen molar-refractivity contribution in [2.75, 3.05) is 5.32 Å². The Hall–Kier alpha value is -1.87. The number of benzene rings is 1. The summed E-state index contributed by atoms with van der Waals surface area (Å²) in [4.78, 5) is 15.4. The standard InChI is InChI=1S/C12H9ClN2O/c1-2-11(16)15-12-8-4-3-7-14-10(8)6-5-9(12)13/h2-7H,1H2,(H,15,16). The average molecular weight is 233 g/mol. The summed E-state index contributed by atoms with van der Waals surface area (Å²) in [6.07, 6.45) is 2.89. The number of fused-ring (bicyclic) bond motifs is 1. The van der Waals surface area contributed by atoms with Crippen LogP contribution in [0.15, 0.2) is 43.1 Å². The molecule has 80 valence electrons. The molecule has 0 aliphatic carbocycles. The van der Waals surface area contributed by atoms with Gasteiger partial charge in [-0.05, 0) is 30.3 Å². The van der Waals surface area contributed by atoms with E-state index in [-0.39, 0.29) is 5.91 Å². The topological polar surface area (TPSA) is 42.0 Å². The Balaban J connectivity index is 2.61. The quantitative estimate of drug-likeness (QED) is 0.809. The predicted molar refractivity (Wildman–Crippen MR) is 65.6 cm³/mol. The van der Waals surface area contributed by atoms with Gasteiger partial charge in [-0.1, -0.05) is 18.2 Å². The van der Waals surface area contributed by atoms with Gasteiger partial charge in [0.25, 0.3) is 0 Å². The van der Waals surface area contributed by atoms with Crippen LogP contribution in [-0.4, -0.2) is 10.9 Å². The van der Waals surface area contributed by atoms with Crippen LogP contribution in [0.1, 0.15) is 0 Å². The lowest BCUT2D eigenvalue weighted by Crippen LogP contribution is -2.08. The van der Waals surface area contributed by atoms with Crippen molar-refractivity contribution in [3.8, 4) is 0 Å². The highest BCUT2D eigenvalue weighted by molar-refractivity contribution is 6.35. The minimum absolute atomic E-state index is 0.293. The number of rotatable bonds is 2. The van der Waals surface area contributed by atoms with E-state index in [4.69, 9.17) is 11.6 Å². The molecule has 1 amide bonds. The number of amides is 1. The third-order valence-electron chi connectivity index (χ3n) is 2.17. The van der Waals surface area contributed by atoms with Crippen molar-refractivity contribution in [3.05, 3.63) is 48.1 Å². The maximum absolute atomic E-state index is 11.3. The maximum Gasteiger partial charge on any atom is 0.247 e. The molecule has 1 heterocycles. The summed E-state index contributed by atoms with van der Waals surface area (Å²) in [5.41, 5.74) is 1.35. The van der Waals surface area contributed by atoms with Crippen LogP contribution in [0.25, 0.3) is 10.9 Å². The summed E-state index contributed by atoms with van der Waals surface area (Å²) in [7, 11) is 0. The van der Waals surface area contributed by atoms with Crippen molar-refractivity contribution >= 4 is 34.1 Å². The van der Waals surface area contributed by atoms with Crippen molar-refractivity contribution in [1.29, 1.82) is 0 Å². The molecule has 2 rings (SSSR count). The number of carbonyl (C=O) groups is 1. The lowest BCUT2D eigenvalue weighted by molar-refractivity contribution is -0.111. The van der Waals surface area contributed by atoms with Crippen LogP contribution in [-0.2, 0) is 4.79 Å². The number of anilines is 1. The monoisotopic (exact) mass is 232 g/mol. The number of pyridine rings is 1. The molecule has 0 atom stereocenters. The molecule has 2 aromatic rings. The number of hydrogen-bond donors (Lipinski definition) is 1. The van der Waals surface area contributed by atoms with E-state index in [1.54, 1.807) is 24.4 Å². The van der Waals surface area contributed by atoms with Crippen molar-refractivity contribution < 1.29 is 4.79 Å². The fraction of sp³-hybridized carbons (Fsp3) is 0. The lowest BCUT2D eigenvalue weighted by Gasteiger charge is -2.08. The predicted octanol–water partition coefficient (Wildman–Crippen LogP) is 3.01. The summed E-state index contributed by atoms with van der Waals surface area (Å²) in [5.74, 6) is -0.293. The number of hydrogen-bond acceptors (Lipinski definition) is 2.